The fraction of sp³-hybridized carbons (Fsp3) is 0.263. The zero-order chi connectivity index (χ0) is 14.7. The van der Waals surface area contributed by atoms with Gasteiger partial charge in [-0.2, -0.15) is 0 Å². The van der Waals surface area contributed by atoms with Gasteiger partial charge >= 0.3 is 0 Å². The first-order valence-corrected chi connectivity index (χ1v) is 7.34. The second-order valence-electron chi connectivity index (χ2n) is 5.74. The molecule has 0 N–H and O–H groups in total. The van der Waals surface area contributed by atoms with Gasteiger partial charge in [-0.15, -0.1) is 0 Å². The van der Waals surface area contributed by atoms with Crippen LogP contribution in [-0.4, -0.2) is 12.6 Å². The van der Waals surface area contributed by atoms with Gasteiger partial charge in [-0.05, 0) is 24.0 Å². The van der Waals surface area contributed by atoms with E-state index in [1.165, 1.54) is 0 Å². The van der Waals surface area contributed by atoms with Gasteiger partial charge in [-0.3, -0.25) is 0 Å². The van der Waals surface area contributed by atoms with Gasteiger partial charge in [0.15, 0.2) is 0 Å². The molecule has 1 fully saturated rings. The van der Waals surface area contributed by atoms with Gasteiger partial charge in [0.1, 0.15) is 12.6 Å². The van der Waals surface area contributed by atoms with Gasteiger partial charge < -0.3 is 9.59 Å². The van der Waals surface area contributed by atoms with Crippen molar-refractivity contribution in [3.8, 4) is 0 Å². The zero-order valence-corrected chi connectivity index (χ0v) is 11.8. The van der Waals surface area contributed by atoms with Gasteiger partial charge in [0.25, 0.3) is 0 Å². The Hall–Kier alpha value is -2.22. The summed E-state index contributed by atoms with van der Waals surface area (Å²) in [6.07, 6.45) is 3.48. The number of hydrogen-bond donors (Lipinski definition) is 0. The summed E-state index contributed by atoms with van der Waals surface area (Å²) in [5.41, 5.74) is 1.22. The molecule has 0 heterocycles. The lowest BCUT2D eigenvalue weighted by molar-refractivity contribution is -0.127. The third-order valence-corrected chi connectivity index (χ3v) is 4.76. The van der Waals surface area contributed by atoms with Gasteiger partial charge in [-0.1, -0.05) is 60.7 Å². The molecular weight excluding hydrogens is 260 g/mol. The van der Waals surface area contributed by atoms with Gasteiger partial charge in [0, 0.05) is 11.8 Å². The average Bonchev–Trinajstić information content (AvgIpc) is 2.96. The number of aldehydes is 2. The number of carbonyl (C=O) groups is 2. The summed E-state index contributed by atoms with van der Waals surface area (Å²) >= 11 is 0. The maximum Gasteiger partial charge on any atom is 0.134 e. The van der Waals surface area contributed by atoms with Crippen LogP contribution >= 0.6 is 0 Å². The number of benzene rings is 2. The smallest absolute Gasteiger partial charge is 0.134 e. The number of carbonyl (C=O) groups excluding carboxylic acids is 2. The van der Waals surface area contributed by atoms with E-state index in [2.05, 4.69) is 0 Å². The van der Waals surface area contributed by atoms with E-state index < -0.39 is 5.41 Å². The van der Waals surface area contributed by atoms with E-state index in [0.717, 1.165) is 36.5 Å². The molecule has 2 aromatic rings. The zero-order valence-electron chi connectivity index (χ0n) is 11.8. The van der Waals surface area contributed by atoms with Crippen LogP contribution in [0, 0.1) is 5.41 Å². The molecule has 2 aromatic carbocycles. The third kappa shape index (κ3) is 2.21. The van der Waals surface area contributed by atoms with Crippen LogP contribution in [0.2, 0.25) is 0 Å². The minimum Gasteiger partial charge on any atom is -0.302 e. The van der Waals surface area contributed by atoms with Crippen molar-refractivity contribution >= 4 is 12.6 Å². The SMILES string of the molecule is O=CC1(C=O)[C@@H](c2ccccc2)CC[C@@H]1c1ccccc1. The molecule has 0 aliphatic heterocycles. The Morgan fingerprint density at radius 3 is 1.43 bits per heavy atom. The molecule has 0 bridgehead atoms. The van der Waals surface area contributed by atoms with Crippen molar-refractivity contribution < 1.29 is 9.59 Å². The van der Waals surface area contributed by atoms with E-state index in [1.807, 2.05) is 60.7 Å². The summed E-state index contributed by atoms with van der Waals surface area (Å²) in [5, 5.41) is 0. The third-order valence-electron chi connectivity index (χ3n) is 4.76. The first kappa shape index (κ1) is 13.7. The first-order chi connectivity index (χ1) is 10.3. The van der Waals surface area contributed by atoms with Crippen molar-refractivity contribution in [3.05, 3.63) is 71.8 Å². The van der Waals surface area contributed by atoms with Crippen LogP contribution in [0.4, 0.5) is 0 Å². The maximum atomic E-state index is 11.9. The molecule has 0 aromatic heterocycles. The molecule has 3 rings (SSSR count). The van der Waals surface area contributed by atoms with Crippen molar-refractivity contribution in [2.75, 3.05) is 0 Å². The molecule has 1 saturated carbocycles. The van der Waals surface area contributed by atoms with Gasteiger partial charge in [-0.25, -0.2) is 0 Å². The minimum atomic E-state index is -0.942. The van der Waals surface area contributed by atoms with Crippen LogP contribution in [-0.2, 0) is 9.59 Å². The van der Waals surface area contributed by atoms with Crippen LogP contribution in [0.3, 0.4) is 0 Å². The normalized spacial score (nSPS) is 23.6. The lowest BCUT2D eigenvalue weighted by Gasteiger charge is -2.30. The minimum absolute atomic E-state index is 0.0288. The highest BCUT2D eigenvalue weighted by Gasteiger charge is 2.51. The molecule has 2 atom stereocenters. The summed E-state index contributed by atoms with van der Waals surface area (Å²) in [7, 11) is 0. The summed E-state index contributed by atoms with van der Waals surface area (Å²) in [5.74, 6) is -0.0576. The van der Waals surface area contributed by atoms with Crippen LogP contribution in [0.5, 0.6) is 0 Å². The van der Waals surface area contributed by atoms with Crippen molar-refractivity contribution in [2.45, 2.75) is 24.7 Å². The van der Waals surface area contributed by atoms with Gasteiger partial charge in [0.2, 0.25) is 0 Å². The molecule has 0 radical (unpaired) electrons. The summed E-state index contributed by atoms with van der Waals surface area (Å²) in [4.78, 5) is 23.8. The largest absolute Gasteiger partial charge is 0.302 e. The molecule has 2 nitrogen and oxygen atoms in total. The highest BCUT2D eigenvalue weighted by molar-refractivity contribution is 5.88. The van der Waals surface area contributed by atoms with E-state index in [1.54, 1.807) is 0 Å². The summed E-state index contributed by atoms with van der Waals surface area (Å²) in [6, 6.07) is 19.8. The van der Waals surface area contributed by atoms with E-state index in [-0.39, 0.29) is 11.8 Å². The molecule has 1 aliphatic rings. The Labute approximate surface area is 124 Å². The van der Waals surface area contributed by atoms with Gasteiger partial charge in [0.05, 0.1) is 5.41 Å². The number of hydrogen-bond acceptors (Lipinski definition) is 2. The fourth-order valence-corrected chi connectivity index (χ4v) is 3.71. The van der Waals surface area contributed by atoms with Crippen LogP contribution in [0.1, 0.15) is 35.8 Å². The summed E-state index contributed by atoms with van der Waals surface area (Å²) in [6.45, 7) is 0. The maximum absolute atomic E-state index is 11.9. The van der Waals surface area contributed by atoms with Crippen LogP contribution < -0.4 is 0 Å². The predicted octanol–water partition coefficient (Wildman–Crippen LogP) is 3.73. The van der Waals surface area contributed by atoms with E-state index in [9.17, 15) is 9.59 Å². The Morgan fingerprint density at radius 2 is 1.10 bits per heavy atom. The second-order valence-corrected chi connectivity index (χ2v) is 5.74. The molecule has 0 unspecified atom stereocenters. The van der Waals surface area contributed by atoms with E-state index in [4.69, 9.17) is 0 Å². The lowest BCUT2D eigenvalue weighted by Crippen LogP contribution is -2.33. The fourth-order valence-electron chi connectivity index (χ4n) is 3.71. The Morgan fingerprint density at radius 1 is 0.714 bits per heavy atom. The molecule has 0 saturated heterocycles. The quantitative estimate of drug-likeness (QED) is 0.631. The lowest BCUT2D eigenvalue weighted by atomic mass is 9.69. The first-order valence-electron chi connectivity index (χ1n) is 7.34. The van der Waals surface area contributed by atoms with Crippen molar-refractivity contribution in [3.63, 3.8) is 0 Å². The Balaban J connectivity index is 2.05. The highest BCUT2D eigenvalue weighted by atomic mass is 16.1. The molecular formula is C19H18O2. The Bertz CT molecular complexity index is 561. The van der Waals surface area contributed by atoms with Crippen LogP contribution in [0.15, 0.2) is 60.7 Å². The average molecular weight is 278 g/mol. The van der Waals surface area contributed by atoms with Crippen molar-refractivity contribution in [2.24, 2.45) is 5.41 Å². The molecule has 2 heteroatoms. The van der Waals surface area contributed by atoms with Crippen molar-refractivity contribution in [1.82, 2.24) is 0 Å². The molecule has 0 spiro atoms. The topological polar surface area (TPSA) is 34.1 Å². The molecule has 21 heavy (non-hydrogen) atoms. The molecule has 106 valence electrons. The summed E-state index contributed by atoms with van der Waals surface area (Å²) < 4.78 is 0. The molecule has 0 amide bonds. The van der Waals surface area contributed by atoms with Crippen LogP contribution in [0.25, 0.3) is 0 Å². The highest BCUT2D eigenvalue weighted by Crippen LogP contribution is 2.55. The Kier molecular flexibility index (Phi) is 3.70. The van der Waals surface area contributed by atoms with E-state index in [0.29, 0.717) is 0 Å². The predicted molar refractivity (Wildman–Crippen MR) is 82.2 cm³/mol. The second kappa shape index (κ2) is 5.65. The standard InChI is InChI=1S/C19H18O2/c20-13-19(14-21)17(15-7-3-1-4-8-15)11-12-18(19)16-9-5-2-6-10-16/h1-10,13-14,17-18H,11-12H2/t17-,18-/m1/s1. The monoisotopic (exact) mass is 278 g/mol. The number of rotatable bonds is 4. The van der Waals surface area contributed by atoms with E-state index >= 15 is 0 Å². The molecule has 1 aliphatic carbocycles. The van der Waals surface area contributed by atoms with Crippen molar-refractivity contribution in [1.29, 1.82) is 0 Å².